The quantitative estimate of drug-likeness (QED) is 0.742. The molecule has 2 aliphatic heterocycles. The zero-order valence-electron chi connectivity index (χ0n) is 17.2. The number of fused-ring (bicyclic) bond motifs is 1. The van der Waals surface area contributed by atoms with E-state index in [1.54, 1.807) is 11.8 Å². The number of likely N-dealkylation sites (tertiary alicyclic amines) is 1. The van der Waals surface area contributed by atoms with E-state index in [1.807, 2.05) is 64.6 Å². The van der Waals surface area contributed by atoms with Crippen LogP contribution in [0.2, 0.25) is 0 Å². The predicted octanol–water partition coefficient (Wildman–Crippen LogP) is 3.63. The van der Waals surface area contributed by atoms with Gasteiger partial charge in [-0.25, -0.2) is 0 Å². The second-order valence-electron chi connectivity index (χ2n) is 7.59. The number of anilines is 2. The van der Waals surface area contributed by atoms with Crippen LogP contribution in [0.3, 0.4) is 0 Å². The van der Waals surface area contributed by atoms with Gasteiger partial charge in [-0.05, 0) is 49.8 Å². The van der Waals surface area contributed by atoms with Crippen LogP contribution in [-0.2, 0) is 9.59 Å². The fourth-order valence-corrected chi connectivity index (χ4v) is 4.57. The molecule has 0 radical (unpaired) electrons. The average molecular weight is 426 g/mol. The molecule has 2 amide bonds. The molecule has 0 spiro atoms. The van der Waals surface area contributed by atoms with Gasteiger partial charge in [-0.15, -0.1) is 11.8 Å². The summed E-state index contributed by atoms with van der Waals surface area (Å²) in [5, 5.41) is 3.01. The van der Waals surface area contributed by atoms with E-state index in [2.05, 4.69) is 5.32 Å². The van der Waals surface area contributed by atoms with Crippen LogP contribution in [0.25, 0.3) is 0 Å². The molecule has 2 heterocycles. The molecular formula is C23H27N3O3S. The van der Waals surface area contributed by atoms with Crippen molar-refractivity contribution in [2.45, 2.75) is 30.3 Å². The van der Waals surface area contributed by atoms with Gasteiger partial charge in [-0.1, -0.05) is 24.3 Å². The topological polar surface area (TPSA) is 61.9 Å². The third kappa shape index (κ3) is 4.56. The van der Waals surface area contributed by atoms with Gasteiger partial charge in [0.05, 0.1) is 24.5 Å². The highest BCUT2D eigenvalue weighted by atomic mass is 32.2. The number of thioether (sulfide) groups is 1. The Balaban J connectivity index is 1.49. The molecule has 0 aromatic heterocycles. The Kier molecular flexibility index (Phi) is 6.47. The van der Waals surface area contributed by atoms with Crippen LogP contribution in [0.4, 0.5) is 11.4 Å². The number of hydrogen-bond donors (Lipinski definition) is 1. The Morgan fingerprint density at radius 3 is 2.60 bits per heavy atom. The lowest BCUT2D eigenvalue weighted by molar-refractivity contribution is -0.139. The van der Waals surface area contributed by atoms with Crippen molar-refractivity contribution < 1.29 is 14.3 Å². The Bertz CT molecular complexity index is 914. The maximum Gasteiger partial charge on any atom is 0.265 e. The Morgan fingerprint density at radius 2 is 1.80 bits per heavy atom. The van der Waals surface area contributed by atoms with Crippen molar-refractivity contribution in [3.8, 4) is 5.75 Å². The molecule has 2 aromatic carbocycles. The molecular weight excluding hydrogens is 398 g/mol. The third-order valence-corrected chi connectivity index (χ3v) is 6.32. The van der Waals surface area contributed by atoms with Crippen molar-refractivity contribution in [1.29, 1.82) is 0 Å². The predicted molar refractivity (Wildman–Crippen MR) is 120 cm³/mol. The molecule has 1 N–H and O–H groups in total. The number of carbonyl (C=O) groups excluding carboxylic acids is 2. The Hall–Kier alpha value is -2.67. The van der Waals surface area contributed by atoms with Gasteiger partial charge in [-0.2, -0.15) is 0 Å². The SMILES string of the molecule is CSc1ccccc1NC(=O)CN1C[C@H](C(=O)N2CCCCC2)Oc2ccccc21. The zero-order chi connectivity index (χ0) is 20.9. The maximum absolute atomic E-state index is 13.0. The molecule has 0 bridgehead atoms. The van der Waals surface area contributed by atoms with Gasteiger partial charge >= 0.3 is 0 Å². The number of nitrogens with one attached hydrogen (secondary N) is 1. The van der Waals surface area contributed by atoms with Gasteiger partial charge < -0.3 is 19.9 Å². The largest absolute Gasteiger partial charge is 0.477 e. The van der Waals surface area contributed by atoms with Crippen LogP contribution >= 0.6 is 11.8 Å². The van der Waals surface area contributed by atoms with Crippen LogP contribution in [0.1, 0.15) is 19.3 Å². The van der Waals surface area contributed by atoms with Crippen LogP contribution in [0.5, 0.6) is 5.75 Å². The molecule has 7 heteroatoms. The number of ether oxygens (including phenoxy) is 1. The minimum absolute atomic E-state index is 0.0161. The van der Waals surface area contributed by atoms with Gasteiger partial charge in [0.1, 0.15) is 5.75 Å². The van der Waals surface area contributed by atoms with E-state index in [1.165, 1.54) is 6.42 Å². The molecule has 0 aliphatic carbocycles. The monoisotopic (exact) mass is 425 g/mol. The van der Waals surface area contributed by atoms with Crippen LogP contribution in [0.15, 0.2) is 53.4 Å². The third-order valence-electron chi connectivity index (χ3n) is 5.52. The number of rotatable bonds is 5. The first-order chi connectivity index (χ1) is 14.7. The second kappa shape index (κ2) is 9.43. The number of piperidine rings is 1. The Labute approximate surface area is 181 Å². The van der Waals surface area contributed by atoms with E-state index < -0.39 is 6.10 Å². The molecule has 158 valence electrons. The van der Waals surface area contributed by atoms with Gasteiger partial charge in [0.2, 0.25) is 5.91 Å². The molecule has 2 aromatic rings. The lowest BCUT2D eigenvalue weighted by atomic mass is 10.1. The normalized spacial score (nSPS) is 18.4. The number of hydrogen-bond acceptors (Lipinski definition) is 5. The summed E-state index contributed by atoms with van der Waals surface area (Å²) >= 11 is 1.59. The van der Waals surface area contributed by atoms with Crippen molar-refractivity contribution in [2.75, 3.05) is 42.7 Å². The van der Waals surface area contributed by atoms with Crippen molar-refractivity contribution in [2.24, 2.45) is 0 Å². The average Bonchev–Trinajstić information content (AvgIpc) is 2.79. The van der Waals surface area contributed by atoms with E-state index in [9.17, 15) is 9.59 Å². The van der Waals surface area contributed by atoms with E-state index in [0.29, 0.717) is 12.3 Å². The molecule has 30 heavy (non-hydrogen) atoms. The van der Waals surface area contributed by atoms with Crippen molar-refractivity contribution in [1.82, 2.24) is 4.90 Å². The molecule has 6 nitrogen and oxygen atoms in total. The Morgan fingerprint density at radius 1 is 1.07 bits per heavy atom. The summed E-state index contributed by atoms with van der Waals surface area (Å²) < 4.78 is 6.05. The zero-order valence-corrected chi connectivity index (χ0v) is 18.0. The summed E-state index contributed by atoms with van der Waals surface area (Å²) in [6, 6.07) is 15.3. The maximum atomic E-state index is 13.0. The van der Waals surface area contributed by atoms with Gasteiger partial charge in [0.15, 0.2) is 6.10 Å². The van der Waals surface area contributed by atoms with Crippen LogP contribution < -0.4 is 15.0 Å². The first kappa shape index (κ1) is 20.6. The van der Waals surface area contributed by atoms with Gasteiger partial charge in [0, 0.05) is 18.0 Å². The van der Waals surface area contributed by atoms with Crippen molar-refractivity contribution in [3.63, 3.8) is 0 Å². The van der Waals surface area contributed by atoms with Crippen molar-refractivity contribution >= 4 is 35.0 Å². The van der Waals surface area contributed by atoms with Gasteiger partial charge in [0.25, 0.3) is 5.91 Å². The first-order valence-electron chi connectivity index (χ1n) is 10.4. The minimum Gasteiger partial charge on any atom is -0.477 e. The summed E-state index contributed by atoms with van der Waals surface area (Å²) in [5.41, 5.74) is 1.64. The highest BCUT2D eigenvalue weighted by molar-refractivity contribution is 7.98. The van der Waals surface area contributed by atoms with E-state index in [4.69, 9.17) is 4.74 Å². The second-order valence-corrected chi connectivity index (χ2v) is 8.44. The highest BCUT2D eigenvalue weighted by Crippen LogP contribution is 2.34. The summed E-state index contributed by atoms with van der Waals surface area (Å²) in [4.78, 5) is 30.7. The number of benzene rings is 2. The summed E-state index contributed by atoms with van der Waals surface area (Å²) in [6.07, 6.45) is 4.64. The van der Waals surface area contributed by atoms with E-state index in [0.717, 1.165) is 42.2 Å². The molecule has 1 atom stereocenters. The van der Waals surface area contributed by atoms with E-state index in [-0.39, 0.29) is 18.4 Å². The highest BCUT2D eigenvalue weighted by Gasteiger charge is 2.34. The minimum atomic E-state index is -0.593. The number of carbonyl (C=O) groups is 2. The molecule has 2 aliphatic rings. The number of nitrogens with zero attached hydrogens (tertiary/aromatic N) is 2. The summed E-state index contributed by atoms with van der Waals surface area (Å²) in [6.45, 7) is 2.09. The molecule has 0 saturated carbocycles. The fourth-order valence-electron chi connectivity index (χ4n) is 4.01. The van der Waals surface area contributed by atoms with Crippen LogP contribution in [-0.4, -0.2) is 55.3 Å². The lowest BCUT2D eigenvalue weighted by Gasteiger charge is -2.38. The summed E-state index contributed by atoms with van der Waals surface area (Å²) in [5.74, 6) is 0.552. The van der Waals surface area contributed by atoms with Crippen LogP contribution in [0, 0.1) is 0 Å². The molecule has 0 unspecified atom stereocenters. The molecule has 1 saturated heterocycles. The number of para-hydroxylation sites is 3. The van der Waals surface area contributed by atoms with E-state index >= 15 is 0 Å². The van der Waals surface area contributed by atoms with Crippen molar-refractivity contribution in [3.05, 3.63) is 48.5 Å². The standard InChI is InChI=1S/C23H27N3O3S/c1-30-21-12-6-3-9-17(21)24-22(27)16-26-15-20(23(28)25-13-7-2-8-14-25)29-19-11-5-4-10-18(19)26/h3-6,9-12,20H,2,7-8,13-16H2,1H3,(H,24,27)/t20-/m1/s1. The smallest absolute Gasteiger partial charge is 0.265 e. The number of amides is 2. The fraction of sp³-hybridized carbons (Fsp3) is 0.391. The van der Waals surface area contributed by atoms with Gasteiger partial charge in [-0.3, -0.25) is 9.59 Å². The molecule has 4 rings (SSSR count). The lowest BCUT2D eigenvalue weighted by Crippen LogP contribution is -2.52. The summed E-state index contributed by atoms with van der Waals surface area (Å²) in [7, 11) is 0. The first-order valence-corrected chi connectivity index (χ1v) is 11.6. The molecule has 1 fully saturated rings.